The number of hydrogen-bond donors (Lipinski definition) is 0. The molecule has 1 aliphatic rings. The Morgan fingerprint density at radius 2 is 2.09 bits per heavy atom. The van der Waals surface area contributed by atoms with Crippen molar-refractivity contribution in [1.82, 2.24) is 14.8 Å². The molecule has 1 saturated carbocycles. The minimum Gasteiger partial charge on any atom is -0.267 e. The van der Waals surface area contributed by atoms with E-state index < -0.39 is 0 Å². The lowest BCUT2D eigenvalue weighted by Crippen LogP contribution is -2.16. The lowest BCUT2D eigenvalue weighted by Gasteiger charge is -2.10. The van der Waals surface area contributed by atoms with Crippen molar-refractivity contribution in [1.29, 1.82) is 0 Å². The topological polar surface area (TPSA) is 47.8 Å². The fourth-order valence-corrected chi connectivity index (χ4v) is 3.57. The molecule has 0 aliphatic heterocycles. The van der Waals surface area contributed by atoms with Crippen LogP contribution in [0.4, 0.5) is 0 Å². The molecule has 22 heavy (non-hydrogen) atoms. The van der Waals surface area contributed by atoms with E-state index in [1.165, 1.54) is 4.68 Å². The number of aromatic nitrogens is 3. The van der Waals surface area contributed by atoms with E-state index in [-0.39, 0.29) is 5.91 Å². The van der Waals surface area contributed by atoms with Gasteiger partial charge in [0.2, 0.25) is 0 Å². The van der Waals surface area contributed by atoms with E-state index in [2.05, 4.69) is 32.7 Å². The Morgan fingerprint density at radius 1 is 1.27 bits per heavy atom. The minimum absolute atomic E-state index is 0.187. The molecule has 0 N–H and O–H groups in total. The van der Waals surface area contributed by atoms with Gasteiger partial charge < -0.3 is 0 Å². The molecule has 0 bridgehead atoms. The van der Waals surface area contributed by atoms with Crippen LogP contribution < -0.4 is 0 Å². The van der Waals surface area contributed by atoms with Gasteiger partial charge in [0.1, 0.15) is 9.22 Å². The summed E-state index contributed by atoms with van der Waals surface area (Å²) in [5, 5.41) is 4.84. The highest BCUT2D eigenvalue weighted by molar-refractivity contribution is 14.1. The summed E-state index contributed by atoms with van der Waals surface area (Å²) < 4.78 is 2.12. The number of hydrogen-bond acceptors (Lipinski definition) is 3. The smallest absolute Gasteiger partial charge is 0.267 e. The van der Waals surface area contributed by atoms with Crippen LogP contribution in [0, 0.1) is 3.70 Å². The number of carbonyl (C=O) groups is 1. The molecule has 3 aromatic rings. The van der Waals surface area contributed by atoms with Crippen molar-refractivity contribution in [3.05, 3.63) is 56.4 Å². The van der Waals surface area contributed by atoms with Gasteiger partial charge in [0.25, 0.3) is 5.91 Å². The number of benzene rings is 1. The third-order valence-electron chi connectivity index (χ3n) is 3.87. The van der Waals surface area contributed by atoms with E-state index in [4.69, 9.17) is 11.6 Å². The first-order valence-corrected chi connectivity index (χ1v) is 8.45. The Hall–Kier alpha value is -1.47. The molecule has 4 rings (SSSR count). The summed E-state index contributed by atoms with van der Waals surface area (Å²) in [6.45, 7) is 0. The highest BCUT2D eigenvalue weighted by atomic mass is 127. The van der Waals surface area contributed by atoms with Crippen LogP contribution >= 0.6 is 34.2 Å². The predicted molar refractivity (Wildman–Crippen MR) is 93.4 cm³/mol. The molecular weight excluding hydrogens is 413 g/mol. The van der Waals surface area contributed by atoms with Gasteiger partial charge in [0, 0.05) is 6.20 Å². The Labute approximate surface area is 145 Å². The number of fused-ring (bicyclic) bond motifs is 1. The molecular formula is C16H11ClIN3O. The SMILES string of the molecule is O=C(c1c(Cl)cccc1C1CC1)n1nc(I)c2ncccc21. The average molecular weight is 424 g/mol. The van der Waals surface area contributed by atoms with Gasteiger partial charge in [0.15, 0.2) is 0 Å². The molecule has 1 aromatic carbocycles. The van der Waals surface area contributed by atoms with Crippen LogP contribution in [0.5, 0.6) is 0 Å². The van der Waals surface area contributed by atoms with Gasteiger partial charge in [-0.1, -0.05) is 23.7 Å². The monoisotopic (exact) mass is 423 g/mol. The van der Waals surface area contributed by atoms with E-state index in [1.807, 2.05) is 18.2 Å². The van der Waals surface area contributed by atoms with Crippen molar-refractivity contribution in [3.8, 4) is 0 Å². The molecule has 0 unspecified atom stereocenters. The second-order valence-electron chi connectivity index (χ2n) is 5.36. The molecule has 4 nitrogen and oxygen atoms in total. The van der Waals surface area contributed by atoms with Crippen LogP contribution in [-0.4, -0.2) is 20.7 Å². The third-order valence-corrected chi connectivity index (χ3v) is 4.91. The molecule has 2 aromatic heterocycles. The molecule has 6 heteroatoms. The fraction of sp³-hybridized carbons (Fsp3) is 0.188. The van der Waals surface area contributed by atoms with Crippen molar-refractivity contribution in [2.24, 2.45) is 0 Å². The second kappa shape index (κ2) is 5.31. The predicted octanol–water partition coefficient (Wildman–Crippen LogP) is 4.26. The second-order valence-corrected chi connectivity index (χ2v) is 6.79. The van der Waals surface area contributed by atoms with E-state index in [1.54, 1.807) is 18.3 Å². The van der Waals surface area contributed by atoms with Crippen molar-refractivity contribution >= 4 is 51.1 Å². The zero-order valence-corrected chi connectivity index (χ0v) is 14.4. The molecule has 1 fully saturated rings. The molecule has 1 aliphatic carbocycles. The highest BCUT2D eigenvalue weighted by Gasteiger charge is 2.30. The molecule has 0 radical (unpaired) electrons. The van der Waals surface area contributed by atoms with Crippen LogP contribution in [0.25, 0.3) is 11.0 Å². The molecule has 0 amide bonds. The van der Waals surface area contributed by atoms with Crippen molar-refractivity contribution in [2.75, 3.05) is 0 Å². The van der Waals surface area contributed by atoms with Crippen LogP contribution in [0.2, 0.25) is 5.02 Å². The number of halogens is 2. The zero-order chi connectivity index (χ0) is 15.3. The lowest BCUT2D eigenvalue weighted by atomic mass is 10.0. The third kappa shape index (κ3) is 2.23. The largest absolute Gasteiger partial charge is 0.280 e. The van der Waals surface area contributed by atoms with Crippen molar-refractivity contribution in [3.63, 3.8) is 0 Å². The number of nitrogens with zero attached hydrogens (tertiary/aromatic N) is 3. The summed E-state index contributed by atoms with van der Waals surface area (Å²) in [4.78, 5) is 17.3. The lowest BCUT2D eigenvalue weighted by molar-refractivity contribution is 0.0949. The molecule has 0 atom stereocenters. The van der Waals surface area contributed by atoms with Gasteiger partial charge >= 0.3 is 0 Å². The van der Waals surface area contributed by atoms with Crippen molar-refractivity contribution in [2.45, 2.75) is 18.8 Å². The number of rotatable bonds is 2. The average Bonchev–Trinajstić information content (AvgIpc) is 3.31. The number of carbonyl (C=O) groups excluding carboxylic acids is 1. The van der Waals surface area contributed by atoms with Crippen LogP contribution in [0.1, 0.15) is 34.7 Å². The van der Waals surface area contributed by atoms with Gasteiger partial charge in [-0.15, -0.1) is 0 Å². The van der Waals surface area contributed by atoms with E-state index >= 15 is 0 Å². The summed E-state index contributed by atoms with van der Waals surface area (Å²) in [5.74, 6) is 0.255. The van der Waals surface area contributed by atoms with Crippen LogP contribution in [0.15, 0.2) is 36.5 Å². The van der Waals surface area contributed by atoms with E-state index in [0.29, 0.717) is 25.7 Å². The Morgan fingerprint density at radius 3 is 2.86 bits per heavy atom. The normalized spacial score (nSPS) is 14.5. The van der Waals surface area contributed by atoms with E-state index in [0.717, 1.165) is 23.9 Å². The fourth-order valence-electron chi connectivity index (χ4n) is 2.68. The van der Waals surface area contributed by atoms with Gasteiger partial charge in [-0.3, -0.25) is 9.78 Å². The van der Waals surface area contributed by atoms with E-state index in [9.17, 15) is 4.79 Å². The standard InChI is InChI=1S/C16H11ClIN3O/c17-11-4-1-3-10(9-6-7-9)13(11)16(22)21-12-5-2-8-19-14(12)15(18)20-21/h1-5,8-9H,6-7H2. The Balaban J connectivity index is 1.91. The number of pyridine rings is 1. The summed E-state index contributed by atoms with van der Waals surface area (Å²) in [7, 11) is 0. The maximum atomic E-state index is 13.0. The zero-order valence-electron chi connectivity index (χ0n) is 11.5. The van der Waals surface area contributed by atoms with Gasteiger partial charge in [-0.25, -0.2) is 0 Å². The molecule has 110 valence electrons. The van der Waals surface area contributed by atoms with Crippen LogP contribution in [0.3, 0.4) is 0 Å². The highest BCUT2D eigenvalue weighted by Crippen LogP contribution is 2.43. The minimum atomic E-state index is -0.187. The maximum absolute atomic E-state index is 13.0. The summed E-state index contributed by atoms with van der Waals surface area (Å²) >= 11 is 8.42. The first kappa shape index (κ1) is 14.1. The summed E-state index contributed by atoms with van der Waals surface area (Å²) in [5.41, 5.74) is 3.03. The van der Waals surface area contributed by atoms with Gasteiger partial charge in [0.05, 0.1) is 16.1 Å². The molecule has 2 heterocycles. The van der Waals surface area contributed by atoms with Gasteiger partial charge in [-0.2, -0.15) is 9.78 Å². The summed E-state index contributed by atoms with van der Waals surface area (Å²) in [6, 6.07) is 9.31. The molecule has 0 saturated heterocycles. The first-order valence-electron chi connectivity index (χ1n) is 6.99. The quantitative estimate of drug-likeness (QED) is 0.579. The van der Waals surface area contributed by atoms with Crippen molar-refractivity contribution < 1.29 is 4.79 Å². The Bertz CT molecular complexity index is 902. The van der Waals surface area contributed by atoms with Crippen LogP contribution in [-0.2, 0) is 0 Å². The summed E-state index contributed by atoms with van der Waals surface area (Å²) in [6.07, 6.45) is 3.92. The molecule has 0 spiro atoms. The maximum Gasteiger partial charge on any atom is 0.280 e. The first-order chi connectivity index (χ1) is 10.7. The van der Waals surface area contributed by atoms with Gasteiger partial charge in [-0.05, 0) is 65.1 Å². The Kier molecular flexibility index (Phi) is 3.41.